The maximum absolute atomic E-state index is 9.02. The fourth-order valence-electron chi connectivity index (χ4n) is 2.74. The number of nitriles is 2. The molecule has 0 amide bonds. The van der Waals surface area contributed by atoms with Crippen molar-refractivity contribution in [2.45, 2.75) is 13.0 Å². The Morgan fingerprint density at radius 2 is 1.59 bits per heavy atom. The second-order valence-corrected chi connectivity index (χ2v) is 5.30. The normalized spacial score (nSPS) is 10.5. The van der Waals surface area contributed by atoms with E-state index < -0.39 is 5.92 Å². The molecule has 1 heterocycles. The number of nitrogens with zero attached hydrogens (tertiary/aromatic N) is 3. The van der Waals surface area contributed by atoms with E-state index in [-0.39, 0.29) is 0 Å². The van der Waals surface area contributed by atoms with Crippen molar-refractivity contribution in [1.29, 1.82) is 10.5 Å². The minimum absolute atomic E-state index is 0.468. The number of rotatable bonds is 4. The summed E-state index contributed by atoms with van der Waals surface area (Å²) in [6.07, 6.45) is 2.54. The molecule has 0 aliphatic rings. The molecule has 0 saturated carbocycles. The van der Waals surface area contributed by atoms with E-state index in [2.05, 4.69) is 47.2 Å². The van der Waals surface area contributed by atoms with Crippen LogP contribution in [0.1, 0.15) is 11.1 Å². The molecular weight excluding hydrogens is 270 g/mol. The molecule has 3 rings (SSSR count). The van der Waals surface area contributed by atoms with Crippen LogP contribution >= 0.6 is 0 Å². The van der Waals surface area contributed by atoms with Gasteiger partial charge in [0, 0.05) is 30.1 Å². The minimum atomic E-state index is -0.601. The van der Waals surface area contributed by atoms with Gasteiger partial charge in [0.25, 0.3) is 0 Å². The minimum Gasteiger partial charge on any atom is -0.343 e. The Labute approximate surface area is 129 Å². The lowest BCUT2D eigenvalue weighted by Crippen LogP contribution is -1.99. The lowest BCUT2D eigenvalue weighted by Gasteiger charge is -2.05. The third kappa shape index (κ3) is 2.71. The maximum atomic E-state index is 9.02. The smallest absolute Gasteiger partial charge is 0.137 e. The van der Waals surface area contributed by atoms with Gasteiger partial charge in [-0.3, -0.25) is 0 Å². The summed E-state index contributed by atoms with van der Waals surface area (Å²) in [5.74, 6) is -0.601. The van der Waals surface area contributed by atoms with Gasteiger partial charge in [-0.15, -0.1) is 0 Å². The van der Waals surface area contributed by atoms with E-state index in [0.717, 1.165) is 23.0 Å². The van der Waals surface area contributed by atoms with Crippen molar-refractivity contribution in [3.63, 3.8) is 0 Å². The lowest BCUT2D eigenvalue weighted by molar-refractivity contribution is 0.804. The predicted octanol–water partition coefficient (Wildman–Crippen LogP) is 3.90. The Morgan fingerprint density at radius 3 is 2.32 bits per heavy atom. The van der Waals surface area contributed by atoms with Crippen molar-refractivity contribution in [3.05, 3.63) is 71.9 Å². The van der Waals surface area contributed by atoms with Gasteiger partial charge >= 0.3 is 0 Å². The molecule has 3 nitrogen and oxygen atoms in total. The van der Waals surface area contributed by atoms with Crippen LogP contribution in [0.3, 0.4) is 0 Å². The van der Waals surface area contributed by atoms with E-state index in [9.17, 15) is 0 Å². The van der Waals surface area contributed by atoms with Crippen LogP contribution in [-0.2, 0) is 13.0 Å². The summed E-state index contributed by atoms with van der Waals surface area (Å²) < 4.78 is 2.19. The Morgan fingerprint density at radius 1 is 0.909 bits per heavy atom. The lowest BCUT2D eigenvalue weighted by atomic mass is 10.0. The van der Waals surface area contributed by atoms with Gasteiger partial charge in [0.05, 0.1) is 12.1 Å². The van der Waals surface area contributed by atoms with Crippen LogP contribution in [0.15, 0.2) is 60.8 Å². The van der Waals surface area contributed by atoms with Crippen molar-refractivity contribution in [2.24, 2.45) is 5.92 Å². The first-order valence-corrected chi connectivity index (χ1v) is 7.21. The predicted molar refractivity (Wildman–Crippen MR) is 85.9 cm³/mol. The fraction of sp³-hybridized carbons (Fsp3) is 0.158. The standard InChI is InChI=1S/C19H15N3/c20-11-16(12-21)10-17-14-22(13-15-6-2-1-3-7-15)19-9-5-4-8-18(17)19/h1-9,14,16H,10,13H2. The average molecular weight is 285 g/mol. The SMILES string of the molecule is N#CC(C#N)Cc1cn(Cc2ccccc2)c2ccccc12. The molecule has 3 aromatic rings. The molecular formula is C19H15N3. The van der Waals surface area contributed by atoms with Gasteiger partial charge in [-0.1, -0.05) is 48.5 Å². The van der Waals surface area contributed by atoms with Crippen molar-refractivity contribution >= 4 is 10.9 Å². The van der Waals surface area contributed by atoms with Crippen molar-refractivity contribution in [3.8, 4) is 12.1 Å². The first-order chi connectivity index (χ1) is 10.8. The summed E-state index contributed by atoms with van der Waals surface area (Å²) in [6.45, 7) is 0.783. The van der Waals surface area contributed by atoms with Crippen LogP contribution in [0.4, 0.5) is 0 Å². The zero-order valence-corrected chi connectivity index (χ0v) is 12.1. The summed E-state index contributed by atoms with van der Waals surface area (Å²) in [5.41, 5.74) is 3.42. The molecule has 0 N–H and O–H groups in total. The summed E-state index contributed by atoms with van der Waals surface area (Å²) in [4.78, 5) is 0. The highest BCUT2D eigenvalue weighted by Gasteiger charge is 2.13. The molecule has 2 aromatic carbocycles. The van der Waals surface area contributed by atoms with Crippen LogP contribution in [-0.4, -0.2) is 4.57 Å². The highest BCUT2D eigenvalue weighted by atomic mass is 15.0. The molecule has 0 bridgehead atoms. The summed E-state index contributed by atoms with van der Waals surface area (Å²) in [6, 6.07) is 22.5. The summed E-state index contributed by atoms with van der Waals surface area (Å²) in [7, 11) is 0. The molecule has 0 fully saturated rings. The average Bonchev–Trinajstić information content (AvgIpc) is 2.91. The van der Waals surface area contributed by atoms with E-state index in [1.807, 2.05) is 30.3 Å². The number of hydrogen-bond donors (Lipinski definition) is 0. The zero-order chi connectivity index (χ0) is 15.4. The van der Waals surface area contributed by atoms with Gasteiger partial charge in [0.15, 0.2) is 0 Å². The van der Waals surface area contributed by atoms with Gasteiger partial charge < -0.3 is 4.57 Å². The van der Waals surface area contributed by atoms with E-state index in [0.29, 0.717) is 6.42 Å². The monoisotopic (exact) mass is 285 g/mol. The first-order valence-electron chi connectivity index (χ1n) is 7.21. The third-order valence-electron chi connectivity index (χ3n) is 3.80. The van der Waals surface area contributed by atoms with E-state index >= 15 is 0 Å². The van der Waals surface area contributed by atoms with Crippen LogP contribution in [0, 0.1) is 28.6 Å². The number of aromatic nitrogens is 1. The zero-order valence-electron chi connectivity index (χ0n) is 12.1. The Bertz CT molecular complexity index is 849. The van der Waals surface area contributed by atoms with Crippen molar-refractivity contribution in [2.75, 3.05) is 0 Å². The number of fused-ring (bicyclic) bond motifs is 1. The molecule has 1 aromatic heterocycles. The molecule has 0 aliphatic heterocycles. The van der Waals surface area contributed by atoms with Crippen LogP contribution in [0.5, 0.6) is 0 Å². The van der Waals surface area contributed by atoms with E-state index in [1.165, 1.54) is 5.56 Å². The van der Waals surface area contributed by atoms with Gasteiger partial charge in [0.1, 0.15) is 5.92 Å². The summed E-state index contributed by atoms with van der Waals surface area (Å²) >= 11 is 0. The molecule has 106 valence electrons. The molecule has 0 unspecified atom stereocenters. The molecule has 0 radical (unpaired) electrons. The maximum Gasteiger partial charge on any atom is 0.137 e. The Hall–Kier alpha value is -3.04. The van der Waals surface area contributed by atoms with Gasteiger partial charge in [-0.05, 0) is 17.2 Å². The topological polar surface area (TPSA) is 52.5 Å². The third-order valence-corrected chi connectivity index (χ3v) is 3.80. The number of para-hydroxylation sites is 1. The molecule has 0 atom stereocenters. The van der Waals surface area contributed by atoms with Crippen LogP contribution < -0.4 is 0 Å². The van der Waals surface area contributed by atoms with Crippen molar-refractivity contribution < 1.29 is 0 Å². The van der Waals surface area contributed by atoms with Gasteiger partial charge in [-0.25, -0.2) is 0 Å². The van der Waals surface area contributed by atoms with Crippen LogP contribution in [0.2, 0.25) is 0 Å². The number of benzene rings is 2. The van der Waals surface area contributed by atoms with Crippen molar-refractivity contribution in [1.82, 2.24) is 4.57 Å². The largest absolute Gasteiger partial charge is 0.343 e. The number of hydrogen-bond acceptors (Lipinski definition) is 2. The van der Waals surface area contributed by atoms with Gasteiger partial charge in [0.2, 0.25) is 0 Å². The molecule has 0 spiro atoms. The Balaban J connectivity index is 2.01. The second-order valence-electron chi connectivity index (χ2n) is 5.30. The molecule has 22 heavy (non-hydrogen) atoms. The molecule has 0 aliphatic carbocycles. The molecule has 3 heteroatoms. The quantitative estimate of drug-likeness (QED) is 0.730. The highest BCUT2D eigenvalue weighted by Crippen LogP contribution is 2.24. The van der Waals surface area contributed by atoms with Crippen LogP contribution in [0.25, 0.3) is 10.9 Å². The molecule has 0 saturated heterocycles. The van der Waals surface area contributed by atoms with E-state index in [4.69, 9.17) is 10.5 Å². The summed E-state index contributed by atoms with van der Waals surface area (Å²) in [5, 5.41) is 19.2. The first kappa shape index (κ1) is 13.9. The highest BCUT2D eigenvalue weighted by molar-refractivity contribution is 5.84. The fourth-order valence-corrected chi connectivity index (χ4v) is 2.74. The van der Waals surface area contributed by atoms with Gasteiger partial charge in [-0.2, -0.15) is 10.5 Å². The Kier molecular flexibility index (Phi) is 3.90. The second kappa shape index (κ2) is 6.16. The van der Waals surface area contributed by atoms with E-state index in [1.54, 1.807) is 0 Å².